The molecule has 2 saturated heterocycles. The molecule has 9 heteroatoms. The highest BCUT2D eigenvalue weighted by atomic mass is 35.5. The van der Waals surface area contributed by atoms with E-state index in [1.807, 2.05) is 4.90 Å². The predicted molar refractivity (Wildman–Crippen MR) is 109 cm³/mol. The summed E-state index contributed by atoms with van der Waals surface area (Å²) in [5.74, 6) is 1.23. The summed E-state index contributed by atoms with van der Waals surface area (Å²) in [4.78, 5) is 21.2. The van der Waals surface area contributed by atoms with Crippen LogP contribution in [0.3, 0.4) is 0 Å². The molecule has 0 saturated carbocycles. The second-order valence-electron chi connectivity index (χ2n) is 7.48. The van der Waals surface area contributed by atoms with E-state index in [-0.39, 0.29) is 30.0 Å². The van der Waals surface area contributed by atoms with E-state index < -0.39 is 0 Å². The molecule has 158 valence electrons. The van der Waals surface area contributed by atoms with Gasteiger partial charge in [0.1, 0.15) is 5.82 Å². The minimum Gasteiger partial charge on any atom is -0.340 e. The van der Waals surface area contributed by atoms with Gasteiger partial charge < -0.3 is 19.6 Å². The Kier molecular flexibility index (Phi) is 7.57. The Morgan fingerprint density at radius 1 is 1.21 bits per heavy atom. The summed E-state index contributed by atoms with van der Waals surface area (Å²) in [6.07, 6.45) is 2.59. The maximum atomic E-state index is 13.1. The van der Waals surface area contributed by atoms with Crippen LogP contribution in [-0.2, 0) is 4.79 Å². The maximum Gasteiger partial charge on any atom is 0.231 e. The van der Waals surface area contributed by atoms with Gasteiger partial charge in [0.15, 0.2) is 0 Å². The van der Waals surface area contributed by atoms with E-state index in [2.05, 4.69) is 20.4 Å². The molecule has 1 amide bonds. The molecular weight excluding hydrogens is 397 g/mol. The van der Waals surface area contributed by atoms with Gasteiger partial charge in [-0.3, -0.25) is 4.79 Å². The Bertz CT molecular complexity index is 794. The van der Waals surface area contributed by atoms with Crippen molar-refractivity contribution in [2.75, 3.05) is 45.8 Å². The number of likely N-dealkylation sites (tertiary alicyclic amines) is 1. The summed E-state index contributed by atoms with van der Waals surface area (Å²) in [5.41, 5.74) is 0.741. The summed E-state index contributed by atoms with van der Waals surface area (Å²) >= 11 is 0. The first-order chi connectivity index (χ1) is 13.7. The monoisotopic (exact) mass is 423 g/mol. The lowest BCUT2D eigenvalue weighted by Gasteiger charge is -2.32. The quantitative estimate of drug-likeness (QED) is 0.795. The van der Waals surface area contributed by atoms with Crippen molar-refractivity contribution < 1.29 is 13.7 Å². The highest BCUT2D eigenvalue weighted by Crippen LogP contribution is 2.27. The van der Waals surface area contributed by atoms with Gasteiger partial charge in [0, 0.05) is 51.3 Å². The Labute approximate surface area is 176 Å². The van der Waals surface area contributed by atoms with Crippen molar-refractivity contribution >= 4 is 18.3 Å². The van der Waals surface area contributed by atoms with Crippen molar-refractivity contribution in [3.63, 3.8) is 0 Å². The second kappa shape index (κ2) is 10.1. The van der Waals surface area contributed by atoms with E-state index in [9.17, 15) is 9.18 Å². The van der Waals surface area contributed by atoms with E-state index in [1.54, 1.807) is 12.1 Å². The van der Waals surface area contributed by atoms with Crippen LogP contribution in [0.4, 0.5) is 4.39 Å². The molecule has 0 aliphatic carbocycles. The van der Waals surface area contributed by atoms with E-state index in [0.717, 1.165) is 64.2 Å². The van der Waals surface area contributed by atoms with Gasteiger partial charge >= 0.3 is 0 Å². The zero-order valence-electron chi connectivity index (χ0n) is 16.3. The molecule has 1 aromatic heterocycles. The van der Waals surface area contributed by atoms with E-state index in [0.29, 0.717) is 18.1 Å². The third-order valence-corrected chi connectivity index (χ3v) is 5.51. The number of benzene rings is 1. The van der Waals surface area contributed by atoms with Crippen LogP contribution < -0.4 is 5.32 Å². The Morgan fingerprint density at radius 3 is 2.72 bits per heavy atom. The van der Waals surface area contributed by atoms with Crippen molar-refractivity contribution in [1.29, 1.82) is 0 Å². The number of piperidine rings is 1. The molecule has 1 N–H and O–H groups in total. The number of nitrogens with zero attached hydrogens (tertiary/aromatic N) is 4. The van der Waals surface area contributed by atoms with Crippen molar-refractivity contribution in [2.24, 2.45) is 0 Å². The fourth-order valence-corrected chi connectivity index (χ4v) is 3.90. The molecule has 2 aliphatic rings. The van der Waals surface area contributed by atoms with Gasteiger partial charge in [-0.2, -0.15) is 4.98 Å². The number of amides is 1. The molecule has 4 rings (SSSR count). The van der Waals surface area contributed by atoms with Crippen LogP contribution in [-0.4, -0.2) is 71.7 Å². The average Bonchev–Trinajstić information content (AvgIpc) is 3.24. The van der Waals surface area contributed by atoms with Crippen LogP contribution in [0.15, 0.2) is 28.8 Å². The number of piperazine rings is 1. The fourth-order valence-electron chi connectivity index (χ4n) is 3.90. The highest BCUT2D eigenvalue weighted by Gasteiger charge is 2.27. The van der Waals surface area contributed by atoms with Gasteiger partial charge in [0.2, 0.25) is 17.6 Å². The number of hydrogen-bond donors (Lipinski definition) is 1. The van der Waals surface area contributed by atoms with Crippen molar-refractivity contribution in [3.05, 3.63) is 36.0 Å². The molecule has 29 heavy (non-hydrogen) atoms. The third-order valence-electron chi connectivity index (χ3n) is 5.51. The molecule has 1 unspecified atom stereocenters. The van der Waals surface area contributed by atoms with Crippen LogP contribution in [0.5, 0.6) is 0 Å². The summed E-state index contributed by atoms with van der Waals surface area (Å²) in [7, 11) is 0. The van der Waals surface area contributed by atoms with E-state index >= 15 is 0 Å². The number of carbonyl (C=O) groups is 1. The summed E-state index contributed by atoms with van der Waals surface area (Å²) in [6.45, 7) is 5.93. The van der Waals surface area contributed by atoms with Gasteiger partial charge in [0.25, 0.3) is 0 Å². The van der Waals surface area contributed by atoms with Crippen molar-refractivity contribution in [3.8, 4) is 11.4 Å². The molecule has 7 nitrogen and oxygen atoms in total. The van der Waals surface area contributed by atoms with Gasteiger partial charge in [-0.05, 0) is 43.7 Å². The van der Waals surface area contributed by atoms with Crippen LogP contribution in [0, 0.1) is 5.82 Å². The number of halogens is 2. The van der Waals surface area contributed by atoms with Gasteiger partial charge in [-0.1, -0.05) is 5.16 Å². The van der Waals surface area contributed by atoms with Crippen molar-refractivity contribution in [1.82, 2.24) is 25.3 Å². The molecule has 2 aromatic rings. The minimum atomic E-state index is -0.286. The Morgan fingerprint density at radius 2 is 1.97 bits per heavy atom. The summed E-state index contributed by atoms with van der Waals surface area (Å²) in [6, 6.07) is 6.09. The van der Waals surface area contributed by atoms with Crippen LogP contribution in [0.1, 0.15) is 31.1 Å². The van der Waals surface area contributed by atoms with Gasteiger partial charge in [0.05, 0.1) is 5.92 Å². The predicted octanol–water partition coefficient (Wildman–Crippen LogP) is 2.30. The molecule has 1 aromatic carbocycles. The average molecular weight is 424 g/mol. The number of rotatable bonds is 5. The molecule has 0 spiro atoms. The number of aromatic nitrogens is 2. The van der Waals surface area contributed by atoms with Crippen molar-refractivity contribution in [2.45, 2.75) is 25.2 Å². The molecule has 0 radical (unpaired) electrons. The number of nitrogens with one attached hydrogen (secondary N) is 1. The summed E-state index contributed by atoms with van der Waals surface area (Å²) < 4.78 is 18.6. The first-order valence-electron chi connectivity index (χ1n) is 9.99. The van der Waals surface area contributed by atoms with Gasteiger partial charge in [-0.25, -0.2) is 4.39 Å². The second-order valence-corrected chi connectivity index (χ2v) is 7.48. The standard InChI is InChI=1S/C20H26FN5O2.ClH/c21-17-5-3-15(4-6-17)19-23-20(28-24-19)16-2-1-10-25(14-16)11-7-18(27)26-12-8-22-9-13-26;/h3-6,16,22H,1-2,7-14H2;1H. The van der Waals surface area contributed by atoms with Gasteiger partial charge in [-0.15, -0.1) is 12.4 Å². The lowest BCUT2D eigenvalue weighted by Crippen LogP contribution is -2.47. The number of carbonyl (C=O) groups excluding carboxylic acids is 1. The molecular formula is C20H27ClFN5O2. The first-order valence-corrected chi connectivity index (χ1v) is 9.99. The Balaban J connectivity index is 0.00000240. The fraction of sp³-hybridized carbons (Fsp3) is 0.550. The topological polar surface area (TPSA) is 74.5 Å². The zero-order valence-corrected chi connectivity index (χ0v) is 17.2. The van der Waals surface area contributed by atoms with Crippen LogP contribution >= 0.6 is 12.4 Å². The zero-order chi connectivity index (χ0) is 19.3. The largest absolute Gasteiger partial charge is 0.340 e. The van der Waals surface area contributed by atoms with Crippen LogP contribution in [0.25, 0.3) is 11.4 Å². The molecule has 1 atom stereocenters. The summed E-state index contributed by atoms with van der Waals surface area (Å²) in [5, 5.41) is 7.33. The smallest absolute Gasteiger partial charge is 0.231 e. The highest BCUT2D eigenvalue weighted by molar-refractivity contribution is 5.85. The van der Waals surface area contributed by atoms with Crippen LogP contribution in [0.2, 0.25) is 0 Å². The normalized spacial score (nSPS) is 20.3. The lowest BCUT2D eigenvalue weighted by atomic mass is 9.98. The minimum absolute atomic E-state index is 0. The molecule has 3 heterocycles. The first kappa shape index (κ1) is 21.7. The Hall–Kier alpha value is -2.03. The number of hydrogen-bond acceptors (Lipinski definition) is 6. The van der Waals surface area contributed by atoms with E-state index in [4.69, 9.17) is 4.52 Å². The molecule has 2 aliphatic heterocycles. The SMILES string of the molecule is Cl.O=C(CCN1CCCC(c2nc(-c3ccc(F)cc3)no2)C1)N1CCNCC1. The maximum absolute atomic E-state index is 13.1. The molecule has 0 bridgehead atoms. The third kappa shape index (κ3) is 5.52. The lowest BCUT2D eigenvalue weighted by molar-refractivity contribution is -0.132. The molecule has 2 fully saturated rings. The van der Waals surface area contributed by atoms with E-state index in [1.165, 1.54) is 12.1 Å².